The number of hydrogen-bond donors (Lipinski definition) is 1. The van der Waals surface area contributed by atoms with E-state index in [2.05, 4.69) is 20.4 Å². The molecule has 1 fully saturated rings. The van der Waals surface area contributed by atoms with E-state index in [4.69, 9.17) is 16.0 Å². The average Bonchev–Trinajstić information content (AvgIpc) is 3.23. The Kier molecular flexibility index (Phi) is 5.58. The molecule has 1 N–H and O–H groups in total. The first-order chi connectivity index (χ1) is 13.7. The molecule has 0 radical (unpaired) electrons. The number of hydrogen-bond acceptors (Lipinski definition) is 5. The lowest BCUT2D eigenvalue weighted by Gasteiger charge is -2.24. The monoisotopic (exact) mass is 396 g/mol. The van der Waals surface area contributed by atoms with E-state index in [1.807, 2.05) is 30.3 Å². The highest BCUT2D eigenvalue weighted by Crippen LogP contribution is 2.25. The zero-order valence-electron chi connectivity index (χ0n) is 15.3. The topological polar surface area (TPSA) is 71.3 Å². The molecule has 1 amide bonds. The molecular formula is C21H21ClN4O2. The minimum Gasteiger partial charge on any atom is -0.405 e. The maximum absolute atomic E-state index is 12.8. The van der Waals surface area contributed by atoms with E-state index in [0.717, 1.165) is 31.5 Å². The zero-order chi connectivity index (χ0) is 19.3. The highest BCUT2D eigenvalue weighted by Gasteiger charge is 2.25. The smallest absolute Gasteiger partial charge is 0.318 e. The van der Waals surface area contributed by atoms with Gasteiger partial charge in [0.2, 0.25) is 5.89 Å². The largest absolute Gasteiger partial charge is 0.405 e. The maximum atomic E-state index is 12.8. The number of nitrogens with zero attached hydrogens (tertiary/aromatic N) is 3. The summed E-state index contributed by atoms with van der Waals surface area (Å²) >= 11 is 5.92. The molecule has 0 unspecified atom stereocenters. The van der Waals surface area contributed by atoms with Crippen molar-refractivity contribution >= 4 is 23.5 Å². The molecule has 144 valence electrons. The van der Waals surface area contributed by atoms with Crippen LogP contribution < -0.4 is 10.2 Å². The van der Waals surface area contributed by atoms with Gasteiger partial charge < -0.3 is 14.6 Å². The standard InChI is InChI=1S/C21H21ClN4O2/c22-17-11-9-16(10-12-17)19(27)23-18(15-7-3-1-4-8-15)20-24-25-21(28-20)26-13-5-2-6-14-26/h1,3-4,7-12,18H,2,5-6,13-14H2,(H,23,27)/t18-/m1/s1. The Morgan fingerprint density at radius 1 is 1.00 bits per heavy atom. The van der Waals surface area contributed by atoms with Crippen molar-refractivity contribution in [3.63, 3.8) is 0 Å². The number of amides is 1. The third-order valence-electron chi connectivity index (χ3n) is 4.82. The van der Waals surface area contributed by atoms with Crippen molar-refractivity contribution in [2.45, 2.75) is 25.3 Å². The van der Waals surface area contributed by atoms with Crippen LogP contribution in [-0.2, 0) is 0 Å². The quantitative estimate of drug-likeness (QED) is 0.698. The van der Waals surface area contributed by atoms with Gasteiger partial charge in [-0.3, -0.25) is 4.79 Å². The van der Waals surface area contributed by atoms with Crippen LogP contribution in [0.2, 0.25) is 5.02 Å². The van der Waals surface area contributed by atoms with Crippen LogP contribution in [0.3, 0.4) is 0 Å². The maximum Gasteiger partial charge on any atom is 0.318 e. The molecule has 7 heteroatoms. The number of carbonyl (C=O) groups is 1. The molecule has 0 saturated carbocycles. The summed E-state index contributed by atoms with van der Waals surface area (Å²) in [5.41, 5.74) is 1.39. The molecule has 3 aromatic rings. The van der Waals surface area contributed by atoms with Gasteiger partial charge in [-0.15, -0.1) is 5.10 Å². The zero-order valence-corrected chi connectivity index (χ0v) is 16.1. The minimum atomic E-state index is -0.532. The summed E-state index contributed by atoms with van der Waals surface area (Å²) in [5, 5.41) is 12.0. The second kappa shape index (κ2) is 8.44. The molecule has 2 heterocycles. The second-order valence-corrected chi connectivity index (χ2v) is 7.23. The Bertz CT molecular complexity index is 921. The molecule has 1 aliphatic heterocycles. The number of piperidine rings is 1. The van der Waals surface area contributed by atoms with E-state index >= 15 is 0 Å². The fourth-order valence-electron chi connectivity index (χ4n) is 3.30. The Balaban J connectivity index is 1.60. The lowest BCUT2D eigenvalue weighted by atomic mass is 10.1. The molecule has 1 saturated heterocycles. The van der Waals surface area contributed by atoms with Crippen molar-refractivity contribution in [1.29, 1.82) is 0 Å². The van der Waals surface area contributed by atoms with E-state index < -0.39 is 6.04 Å². The number of benzene rings is 2. The molecule has 28 heavy (non-hydrogen) atoms. The van der Waals surface area contributed by atoms with Crippen LogP contribution in [-0.4, -0.2) is 29.2 Å². The number of aromatic nitrogens is 2. The van der Waals surface area contributed by atoms with E-state index in [1.54, 1.807) is 24.3 Å². The summed E-state index contributed by atoms with van der Waals surface area (Å²) in [6.07, 6.45) is 3.46. The van der Waals surface area contributed by atoms with Crippen LogP contribution >= 0.6 is 11.6 Å². The summed E-state index contributed by atoms with van der Waals surface area (Å²) in [6.45, 7) is 1.82. The predicted octanol–water partition coefficient (Wildman–Crippen LogP) is 4.23. The summed E-state index contributed by atoms with van der Waals surface area (Å²) in [5.74, 6) is 0.136. The Morgan fingerprint density at radius 3 is 2.43 bits per heavy atom. The molecule has 1 aliphatic rings. The molecule has 0 aliphatic carbocycles. The van der Waals surface area contributed by atoms with Gasteiger partial charge in [0.05, 0.1) is 0 Å². The molecule has 0 bridgehead atoms. The number of halogens is 1. The van der Waals surface area contributed by atoms with Crippen molar-refractivity contribution < 1.29 is 9.21 Å². The van der Waals surface area contributed by atoms with Gasteiger partial charge in [-0.2, -0.15) is 0 Å². The normalized spacial score (nSPS) is 15.2. The van der Waals surface area contributed by atoms with Crippen molar-refractivity contribution in [3.05, 3.63) is 76.6 Å². The Hall–Kier alpha value is -2.86. The molecule has 2 aromatic carbocycles. The van der Waals surface area contributed by atoms with Crippen LogP contribution in [0, 0.1) is 0 Å². The van der Waals surface area contributed by atoms with Crippen LogP contribution in [0.25, 0.3) is 0 Å². The fraction of sp³-hybridized carbons (Fsp3) is 0.286. The van der Waals surface area contributed by atoms with E-state index in [9.17, 15) is 4.79 Å². The first-order valence-electron chi connectivity index (χ1n) is 9.40. The van der Waals surface area contributed by atoms with Crippen molar-refractivity contribution in [2.75, 3.05) is 18.0 Å². The summed E-state index contributed by atoms with van der Waals surface area (Å²) < 4.78 is 5.96. The number of anilines is 1. The van der Waals surface area contributed by atoms with Crippen molar-refractivity contribution in [2.24, 2.45) is 0 Å². The SMILES string of the molecule is O=C(N[C@H](c1ccccc1)c1nnc(N2CCCCC2)o1)c1ccc(Cl)cc1. The van der Waals surface area contributed by atoms with Crippen LogP contribution in [0.5, 0.6) is 0 Å². The Morgan fingerprint density at radius 2 is 1.71 bits per heavy atom. The van der Waals surface area contributed by atoms with Gasteiger partial charge in [-0.1, -0.05) is 47.0 Å². The number of rotatable bonds is 5. The van der Waals surface area contributed by atoms with Gasteiger partial charge in [0.15, 0.2) is 0 Å². The lowest BCUT2D eigenvalue weighted by molar-refractivity contribution is 0.0938. The summed E-state index contributed by atoms with van der Waals surface area (Å²) in [6, 6.07) is 16.3. The van der Waals surface area contributed by atoms with E-state index in [-0.39, 0.29) is 5.91 Å². The highest BCUT2D eigenvalue weighted by molar-refractivity contribution is 6.30. The highest BCUT2D eigenvalue weighted by atomic mass is 35.5. The van der Waals surface area contributed by atoms with E-state index in [1.165, 1.54) is 6.42 Å². The van der Waals surface area contributed by atoms with Crippen LogP contribution in [0.4, 0.5) is 6.01 Å². The molecule has 4 rings (SSSR count). The molecule has 0 spiro atoms. The number of carbonyl (C=O) groups excluding carboxylic acids is 1. The van der Waals surface area contributed by atoms with Gasteiger partial charge >= 0.3 is 6.01 Å². The third-order valence-corrected chi connectivity index (χ3v) is 5.07. The molecule has 1 aromatic heterocycles. The number of nitrogens with one attached hydrogen (secondary N) is 1. The first kappa shape index (κ1) is 18.5. The van der Waals surface area contributed by atoms with Crippen molar-refractivity contribution in [3.8, 4) is 0 Å². The molecule has 1 atom stereocenters. The van der Waals surface area contributed by atoms with Gasteiger partial charge in [0, 0.05) is 23.7 Å². The van der Waals surface area contributed by atoms with Gasteiger partial charge in [0.25, 0.3) is 5.91 Å². The summed E-state index contributed by atoms with van der Waals surface area (Å²) in [4.78, 5) is 14.9. The van der Waals surface area contributed by atoms with Crippen LogP contribution in [0.15, 0.2) is 59.0 Å². The second-order valence-electron chi connectivity index (χ2n) is 6.79. The van der Waals surface area contributed by atoms with Gasteiger partial charge in [-0.05, 0) is 49.1 Å². The van der Waals surface area contributed by atoms with Gasteiger partial charge in [0.1, 0.15) is 6.04 Å². The lowest BCUT2D eigenvalue weighted by Crippen LogP contribution is -2.30. The van der Waals surface area contributed by atoms with Crippen LogP contribution in [0.1, 0.15) is 47.1 Å². The van der Waals surface area contributed by atoms with E-state index in [0.29, 0.717) is 22.5 Å². The molecule has 6 nitrogen and oxygen atoms in total. The third kappa shape index (κ3) is 4.17. The first-order valence-corrected chi connectivity index (χ1v) is 9.78. The Labute approximate surface area is 168 Å². The van der Waals surface area contributed by atoms with Crippen molar-refractivity contribution in [1.82, 2.24) is 15.5 Å². The predicted molar refractivity (Wildman–Crippen MR) is 108 cm³/mol. The molecular weight excluding hydrogens is 376 g/mol. The van der Waals surface area contributed by atoms with Gasteiger partial charge in [-0.25, -0.2) is 0 Å². The minimum absolute atomic E-state index is 0.233. The summed E-state index contributed by atoms with van der Waals surface area (Å²) in [7, 11) is 0. The average molecular weight is 397 g/mol. The fourth-order valence-corrected chi connectivity index (χ4v) is 3.43.